The van der Waals surface area contributed by atoms with Crippen LogP contribution in [0.25, 0.3) is 6.08 Å². The third kappa shape index (κ3) is 5.30. The van der Waals surface area contributed by atoms with Gasteiger partial charge in [0.1, 0.15) is 5.78 Å². The maximum absolute atomic E-state index is 11.7. The smallest absolute Gasteiger partial charge is 0.136 e. The third-order valence-corrected chi connectivity index (χ3v) is 2.74. The van der Waals surface area contributed by atoms with E-state index < -0.39 is 0 Å². The molecule has 0 N–H and O–H groups in total. The van der Waals surface area contributed by atoms with Crippen LogP contribution in [0.4, 0.5) is 0 Å². The molecule has 17 heavy (non-hydrogen) atoms. The molecule has 0 aromatic heterocycles. The number of ketones is 1. The number of carbonyl (C=O) groups excluding carboxylic acids is 1. The number of carbonyl (C=O) groups is 1. The molecule has 0 amide bonds. The summed E-state index contributed by atoms with van der Waals surface area (Å²) in [6.07, 6.45) is 8.15. The highest BCUT2D eigenvalue weighted by atomic mass is 16.1. The standard InChI is InChI=1S/C16H20O/c1-3-4-13-16(17)14(2)9-8-12-15-10-6-5-7-11-15/h3,5-8,10-12,14H,1,4,9,13H2,2H3/b12-8+. The van der Waals surface area contributed by atoms with Gasteiger partial charge in [-0.15, -0.1) is 6.58 Å². The Labute approximate surface area is 104 Å². The number of rotatable bonds is 7. The fourth-order valence-corrected chi connectivity index (χ4v) is 1.59. The lowest BCUT2D eigenvalue weighted by Crippen LogP contribution is -2.09. The topological polar surface area (TPSA) is 17.1 Å². The molecule has 0 fully saturated rings. The van der Waals surface area contributed by atoms with Crippen molar-refractivity contribution in [3.63, 3.8) is 0 Å². The highest BCUT2D eigenvalue weighted by molar-refractivity contribution is 5.81. The van der Waals surface area contributed by atoms with E-state index in [9.17, 15) is 4.79 Å². The summed E-state index contributed by atoms with van der Waals surface area (Å²) in [6, 6.07) is 10.1. The molecule has 90 valence electrons. The van der Waals surface area contributed by atoms with E-state index in [0.29, 0.717) is 12.2 Å². The van der Waals surface area contributed by atoms with Gasteiger partial charge in [0.15, 0.2) is 0 Å². The minimum absolute atomic E-state index is 0.106. The third-order valence-electron chi connectivity index (χ3n) is 2.74. The number of benzene rings is 1. The van der Waals surface area contributed by atoms with Crippen LogP contribution in [-0.2, 0) is 4.79 Å². The van der Waals surface area contributed by atoms with Gasteiger partial charge in [0.05, 0.1) is 0 Å². The molecule has 1 atom stereocenters. The normalized spacial score (nSPS) is 12.5. The largest absolute Gasteiger partial charge is 0.299 e. The molecule has 0 heterocycles. The monoisotopic (exact) mass is 228 g/mol. The summed E-state index contributed by atoms with van der Waals surface area (Å²) in [5.41, 5.74) is 1.18. The Bertz CT molecular complexity index is 376. The van der Waals surface area contributed by atoms with Gasteiger partial charge in [-0.2, -0.15) is 0 Å². The van der Waals surface area contributed by atoms with Gasteiger partial charge in [-0.1, -0.05) is 55.5 Å². The predicted octanol–water partition coefficient (Wildman–Crippen LogP) is 4.26. The van der Waals surface area contributed by atoms with Crippen molar-refractivity contribution in [2.45, 2.75) is 26.2 Å². The summed E-state index contributed by atoms with van der Waals surface area (Å²) < 4.78 is 0. The van der Waals surface area contributed by atoms with E-state index in [4.69, 9.17) is 0 Å². The average molecular weight is 228 g/mol. The van der Waals surface area contributed by atoms with Crippen molar-refractivity contribution in [3.8, 4) is 0 Å². The van der Waals surface area contributed by atoms with Gasteiger partial charge in [-0.05, 0) is 18.4 Å². The minimum atomic E-state index is 0.106. The molecule has 0 spiro atoms. The van der Waals surface area contributed by atoms with Crippen molar-refractivity contribution in [1.29, 1.82) is 0 Å². The molecule has 0 bridgehead atoms. The quantitative estimate of drug-likeness (QED) is 0.637. The maximum Gasteiger partial charge on any atom is 0.136 e. The van der Waals surface area contributed by atoms with Crippen LogP contribution in [0.5, 0.6) is 0 Å². The zero-order valence-corrected chi connectivity index (χ0v) is 10.4. The van der Waals surface area contributed by atoms with Gasteiger partial charge in [0.25, 0.3) is 0 Å². The summed E-state index contributed by atoms with van der Waals surface area (Å²) in [5, 5.41) is 0. The van der Waals surface area contributed by atoms with Crippen LogP contribution in [0.3, 0.4) is 0 Å². The fraction of sp³-hybridized carbons (Fsp3) is 0.312. The molecule has 0 aliphatic rings. The molecule has 0 aliphatic carbocycles. The van der Waals surface area contributed by atoms with Gasteiger partial charge >= 0.3 is 0 Å². The Hall–Kier alpha value is -1.63. The molecule has 1 rings (SSSR count). The van der Waals surface area contributed by atoms with Gasteiger partial charge in [-0.25, -0.2) is 0 Å². The highest BCUT2D eigenvalue weighted by Crippen LogP contribution is 2.10. The van der Waals surface area contributed by atoms with E-state index in [1.807, 2.05) is 25.1 Å². The lowest BCUT2D eigenvalue weighted by atomic mass is 9.98. The highest BCUT2D eigenvalue weighted by Gasteiger charge is 2.09. The fourth-order valence-electron chi connectivity index (χ4n) is 1.59. The first-order chi connectivity index (χ1) is 8.24. The first-order valence-electron chi connectivity index (χ1n) is 6.09. The Balaban J connectivity index is 2.37. The van der Waals surface area contributed by atoms with Gasteiger partial charge in [0, 0.05) is 12.3 Å². The molecule has 1 aromatic carbocycles. The molecule has 1 aromatic rings. The molecule has 0 radical (unpaired) electrons. The lowest BCUT2D eigenvalue weighted by Gasteiger charge is -2.06. The molecule has 0 aliphatic heterocycles. The van der Waals surface area contributed by atoms with Crippen LogP contribution in [0.1, 0.15) is 31.7 Å². The number of allylic oxidation sites excluding steroid dienone is 2. The minimum Gasteiger partial charge on any atom is -0.299 e. The molecule has 1 heteroatoms. The molecule has 1 nitrogen and oxygen atoms in total. The SMILES string of the molecule is C=CCCC(=O)C(C)C/C=C/c1ccccc1. The molecule has 1 unspecified atom stereocenters. The zero-order valence-electron chi connectivity index (χ0n) is 10.4. The maximum atomic E-state index is 11.7. The van der Waals surface area contributed by atoms with Crippen LogP contribution in [0.2, 0.25) is 0 Å². The van der Waals surface area contributed by atoms with E-state index in [1.54, 1.807) is 6.08 Å². The Kier molecular flexibility index (Phi) is 6.02. The summed E-state index contributed by atoms with van der Waals surface area (Å²) in [4.78, 5) is 11.7. The van der Waals surface area contributed by atoms with Crippen LogP contribution < -0.4 is 0 Å². The number of hydrogen-bond donors (Lipinski definition) is 0. The lowest BCUT2D eigenvalue weighted by molar-refractivity contribution is -0.122. The van der Waals surface area contributed by atoms with E-state index in [-0.39, 0.29) is 5.92 Å². The van der Waals surface area contributed by atoms with E-state index in [1.165, 1.54) is 5.56 Å². The van der Waals surface area contributed by atoms with Gasteiger partial charge in [0.2, 0.25) is 0 Å². The molecular weight excluding hydrogens is 208 g/mol. The second-order valence-corrected chi connectivity index (χ2v) is 4.24. The molecule has 0 saturated heterocycles. The van der Waals surface area contributed by atoms with Crippen LogP contribution in [-0.4, -0.2) is 5.78 Å². The Morgan fingerprint density at radius 2 is 2.06 bits per heavy atom. The molecular formula is C16H20O. The average Bonchev–Trinajstić information content (AvgIpc) is 2.37. The summed E-state index contributed by atoms with van der Waals surface area (Å²) in [5.74, 6) is 0.428. The van der Waals surface area contributed by atoms with E-state index in [0.717, 1.165) is 12.8 Å². The van der Waals surface area contributed by atoms with E-state index >= 15 is 0 Å². The zero-order chi connectivity index (χ0) is 12.5. The Morgan fingerprint density at radius 3 is 2.71 bits per heavy atom. The van der Waals surface area contributed by atoms with Crippen molar-refractivity contribution in [3.05, 3.63) is 54.6 Å². The summed E-state index contributed by atoms with van der Waals surface area (Å²) in [7, 11) is 0. The molecule has 0 saturated carbocycles. The van der Waals surface area contributed by atoms with Crippen molar-refractivity contribution in [1.82, 2.24) is 0 Å². The second kappa shape index (κ2) is 7.61. The van der Waals surface area contributed by atoms with Gasteiger partial charge < -0.3 is 0 Å². The summed E-state index contributed by atoms with van der Waals surface area (Å²) >= 11 is 0. The van der Waals surface area contributed by atoms with E-state index in [2.05, 4.69) is 30.9 Å². The summed E-state index contributed by atoms with van der Waals surface area (Å²) in [6.45, 7) is 5.61. The van der Waals surface area contributed by atoms with Crippen LogP contribution >= 0.6 is 0 Å². The first kappa shape index (κ1) is 13.4. The van der Waals surface area contributed by atoms with Crippen molar-refractivity contribution >= 4 is 11.9 Å². The second-order valence-electron chi connectivity index (χ2n) is 4.24. The predicted molar refractivity (Wildman–Crippen MR) is 73.7 cm³/mol. The van der Waals surface area contributed by atoms with Crippen LogP contribution in [0, 0.1) is 5.92 Å². The van der Waals surface area contributed by atoms with Crippen molar-refractivity contribution in [2.75, 3.05) is 0 Å². The van der Waals surface area contributed by atoms with Crippen molar-refractivity contribution in [2.24, 2.45) is 5.92 Å². The number of Topliss-reactive ketones (excluding diaryl/α,β-unsaturated/α-hetero) is 1. The number of hydrogen-bond acceptors (Lipinski definition) is 1. The Morgan fingerprint density at radius 1 is 1.35 bits per heavy atom. The van der Waals surface area contributed by atoms with Crippen LogP contribution in [0.15, 0.2) is 49.1 Å². The van der Waals surface area contributed by atoms with Gasteiger partial charge in [-0.3, -0.25) is 4.79 Å². The first-order valence-corrected chi connectivity index (χ1v) is 6.09. The van der Waals surface area contributed by atoms with Crippen molar-refractivity contribution < 1.29 is 4.79 Å².